The minimum atomic E-state index is -0.208. The quantitative estimate of drug-likeness (QED) is 0.620. The number of anilines is 1. The Morgan fingerprint density at radius 1 is 1.21 bits per heavy atom. The van der Waals surface area contributed by atoms with Crippen molar-refractivity contribution in [3.05, 3.63) is 58.1 Å². The lowest BCUT2D eigenvalue weighted by Crippen LogP contribution is -2.12. The Labute approximate surface area is 162 Å². The first-order valence-corrected chi connectivity index (χ1v) is 9.33. The number of aromatic amines is 1. The third-order valence-corrected chi connectivity index (χ3v) is 4.07. The average molecular weight is 381 g/mol. The van der Waals surface area contributed by atoms with E-state index in [-0.39, 0.29) is 11.5 Å². The Bertz CT molecular complexity index is 1010. The van der Waals surface area contributed by atoms with E-state index in [1.54, 1.807) is 25.1 Å². The summed E-state index contributed by atoms with van der Waals surface area (Å²) < 4.78 is 5.17. The van der Waals surface area contributed by atoms with Gasteiger partial charge in [0.2, 0.25) is 11.8 Å². The highest BCUT2D eigenvalue weighted by Crippen LogP contribution is 2.19. The molecule has 0 fully saturated rings. The highest BCUT2D eigenvalue weighted by Gasteiger charge is 2.09. The Balaban J connectivity index is 1.56. The molecule has 0 unspecified atom stereocenters. The molecule has 2 N–H and O–H groups in total. The Kier molecular flexibility index (Phi) is 6.31. The van der Waals surface area contributed by atoms with Gasteiger partial charge in [-0.1, -0.05) is 24.2 Å². The largest absolute Gasteiger partial charge is 0.339 e. The van der Waals surface area contributed by atoms with Gasteiger partial charge in [0, 0.05) is 42.3 Å². The molecule has 8 heteroatoms. The van der Waals surface area contributed by atoms with Crippen LogP contribution in [0, 0.1) is 6.92 Å². The molecule has 3 rings (SSSR count). The summed E-state index contributed by atoms with van der Waals surface area (Å²) in [6.07, 6.45) is 3.29. The van der Waals surface area contributed by atoms with E-state index in [2.05, 4.69) is 32.3 Å². The van der Waals surface area contributed by atoms with Crippen LogP contribution in [0.15, 0.2) is 39.6 Å². The SMILES string of the molecule is CCCc1noc(CCCC(=O)Nc2cccc(-c3nc(C)cc(=O)[nH]3)c2)n1. The smallest absolute Gasteiger partial charge is 0.251 e. The first-order chi connectivity index (χ1) is 13.5. The summed E-state index contributed by atoms with van der Waals surface area (Å²) in [5.74, 6) is 1.64. The number of nitrogens with zero attached hydrogens (tertiary/aromatic N) is 3. The van der Waals surface area contributed by atoms with Gasteiger partial charge in [0.05, 0.1) is 0 Å². The molecule has 0 saturated carbocycles. The van der Waals surface area contributed by atoms with Crippen molar-refractivity contribution >= 4 is 11.6 Å². The van der Waals surface area contributed by atoms with E-state index < -0.39 is 0 Å². The minimum Gasteiger partial charge on any atom is -0.339 e. The lowest BCUT2D eigenvalue weighted by Gasteiger charge is -2.07. The van der Waals surface area contributed by atoms with Gasteiger partial charge in [0.1, 0.15) is 5.82 Å². The fourth-order valence-corrected chi connectivity index (χ4v) is 2.80. The molecule has 0 spiro atoms. The summed E-state index contributed by atoms with van der Waals surface area (Å²) in [5.41, 5.74) is 1.80. The highest BCUT2D eigenvalue weighted by molar-refractivity contribution is 5.91. The van der Waals surface area contributed by atoms with Crippen molar-refractivity contribution in [2.24, 2.45) is 0 Å². The number of carbonyl (C=O) groups excluding carboxylic acids is 1. The van der Waals surface area contributed by atoms with E-state index in [9.17, 15) is 9.59 Å². The highest BCUT2D eigenvalue weighted by atomic mass is 16.5. The van der Waals surface area contributed by atoms with Crippen molar-refractivity contribution in [1.29, 1.82) is 0 Å². The van der Waals surface area contributed by atoms with Crippen LogP contribution in [0.25, 0.3) is 11.4 Å². The molecule has 0 aliphatic heterocycles. The van der Waals surface area contributed by atoms with E-state index in [0.29, 0.717) is 48.2 Å². The number of rotatable bonds is 8. The topological polar surface area (TPSA) is 114 Å². The number of carbonyl (C=O) groups is 1. The van der Waals surface area contributed by atoms with Gasteiger partial charge in [0.15, 0.2) is 5.82 Å². The lowest BCUT2D eigenvalue weighted by molar-refractivity contribution is -0.116. The summed E-state index contributed by atoms with van der Waals surface area (Å²) in [4.78, 5) is 35.2. The molecule has 0 saturated heterocycles. The van der Waals surface area contributed by atoms with Crippen molar-refractivity contribution in [3.8, 4) is 11.4 Å². The summed E-state index contributed by atoms with van der Waals surface area (Å²) in [6, 6.07) is 8.65. The van der Waals surface area contributed by atoms with Crippen LogP contribution >= 0.6 is 0 Å². The third-order valence-electron chi connectivity index (χ3n) is 4.07. The van der Waals surface area contributed by atoms with E-state index >= 15 is 0 Å². The molecule has 8 nitrogen and oxygen atoms in total. The number of nitrogens with one attached hydrogen (secondary N) is 2. The van der Waals surface area contributed by atoms with Gasteiger partial charge >= 0.3 is 0 Å². The van der Waals surface area contributed by atoms with Crippen LogP contribution in [0.3, 0.4) is 0 Å². The molecule has 0 radical (unpaired) electrons. The molecule has 146 valence electrons. The molecular weight excluding hydrogens is 358 g/mol. The zero-order valence-corrected chi connectivity index (χ0v) is 16.0. The zero-order valence-electron chi connectivity index (χ0n) is 16.0. The Hall–Kier alpha value is -3.29. The number of hydrogen-bond acceptors (Lipinski definition) is 6. The maximum Gasteiger partial charge on any atom is 0.251 e. The van der Waals surface area contributed by atoms with Crippen LogP contribution in [-0.2, 0) is 17.6 Å². The minimum absolute atomic E-state index is 0.101. The molecule has 2 aromatic heterocycles. The number of aryl methyl sites for hydroxylation is 3. The van der Waals surface area contributed by atoms with Crippen LogP contribution in [-0.4, -0.2) is 26.0 Å². The van der Waals surface area contributed by atoms with E-state index in [1.165, 1.54) is 6.07 Å². The van der Waals surface area contributed by atoms with Crippen LogP contribution in [0.4, 0.5) is 5.69 Å². The van der Waals surface area contributed by atoms with Gasteiger partial charge in [-0.15, -0.1) is 0 Å². The average Bonchev–Trinajstić information content (AvgIpc) is 3.09. The van der Waals surface area contributed by atoms with Crippen LogP contribution in [0.5, 0.6) is 0 Å². The molecule has 28 heavy (non-hydrogen) atoms. The summed E-state index contributed by atoms with van der Waals surface area (Å²) >= 11 is 0. The molecule has 0 atom stereocenters. The van der Waals surface area contributed by atoms with Crippen molar-refractivity contribution in [2.75, 3.05) is 5.32 Å². The van der Waals surface area contributed by atoms with Crippen LogP contribution in [0.1, 0.15) is 43.6 Å². The van der Waals surface area contributed by atoms with Crippen LogP contribution < -0.4 is 10.9 Å². The van der Waals surface area contributed by atoms with Gasteiger partial charge in [-0.25, -0.2) is 4.98 Å². The lowest BCUT2D eigenvalue weighted by atomic mass is 10.1. The zero-order chi connectivity index (χ0) is 19.9. The molecule has 1 aromatic carbocycles. The number of amides is 1. The first-order valence-electron chi connectivity index (χ1n) is 9.33. The van der Waals surface area contributed by atoms with Crippen molar-refractivity contribution in [1.82, 2.24) is 20.1 Å². The van der Waals surface area contributed by atoms with Gasteiger partial charge in [-0.2, -0.15) is 4.98 Å². The van der Waals surface area contributed by atoms with E-state index in [1.807, 2.05) is 6.07 Å². The number of hydrogen-bond donors (Lipinski definition) is 2. The Morgan fingerprint density at radius 2 is 2.07 bits per heavy atom. The monoisotopic (exact) mass is 381 g/mol. The maximum atomic E-state index is 12.2. The van der Waals surface area contributed by atoms with Gasteiger partial charge in [-0.3, -0.25) is 9.59 Å². The van der Waals surface area contributed by atoms with Gasteiger partial charge in [0.25, 0.3) is 5.56 Å². The second kappa shape index (κ2) is 9.07. The van der Waals surface area contributed by atoms with Gasteiger partial charge in [-0.05, 0) is 31.9 Å². The van der Waals surface area contributed by atoms with Crippen molar-refractivity contribution in [2.45, 2.75) is 46.0 Å². The van der Waals surface area contributed by atoms with E-state index in [0.717, 1.165) is 18.4 Å². The van der Waals surface area contributed by atoms with Crippen LogP contribution in [0.2, 0.25) is 0 Å². The normalized spacial score (nSPS) is 10.8. The molecule has 3 aromatic rings. The molecular formula is C20H23N5O3. The number of benzene rings is 1. The summed E-state index contributed by atoms with van der Waals surface area (Å²) in [6.45, 7) is 3.82. The maximum absolute atomic E-state index is 12.2. The number of H-pyrrole nitrogens is 1. The number of aromatic nitrogens is 4. The molecule has 1 amide bonds. The summed E-state index contributed by atoms with van der Waals surface area (Å²) in [5, 5.41) is 6.77. The van der Waals surface area contributed by atoms with Crippen molar-refractivity contribution in [3.63, 3.8) is 0 Å². The van der Waals surface area contributed by atoms with Gasteiger partial charge < -0.3 is 14.8 Å². The Morgan fingerprint density at radius 3 is 2.86 bits per heavy atom. The molecule has 0 bridgehead atoms. The predicted octanol–water partition coefficient (Wildman–Crippen LogP) is 3.04. The third kappa shape index (κ3) is 5.35. The standard InChI is InChI=1S/C20H23N5O3/c1-3-6-16-23-19(28-25-16)10-5-9-17(26)22-15-8-4-7-14(12-15)20-21-13(2)11-18(27)24-20/h4,7-8,11-12H,3,5-6,9-10H2,1-2H3,(H,22,26)(H,21,24,27). The molecule has 0 aliphatic rings. The first kappa shape index (κ1) is 19.5. The van der Waals surface area contributed by atoms with Crippen molar-refractivity contribution < 1.29 is 9.32 Å². The second-order valence-corrected chi connectivity index (χ2v) is 6.57. The fraction of sp³-hybridized carbons (Fsp3) is 0.350. The van der Waals surface area contributed by atoms with E-state index in [4.69, 9.17) is 4.52 Å². The molecule has 2 heterocycles. The predicted molar refractivity (Wildman–Crippen MR) is 105 cm³/mol. The summed E-state index contributed by atoms with van der Waals surface area (Å²) in [7, 11) is 0. The fourth-order valence-electron chi connectivity index (χ4n) is 2.80. The molecule has 0 aliphatic carbocycles. The second-order valence-electron chi connectivity index (χ2n) is 6.57.